The predicted octanol–water partition coefficient (Wildman–Crippen LogP) is 2.92. The van der Waals surface area contributed by atoms with Crippen molar-refractivity contribution in [2.75, 3.05) is 13.3 Å². The van der Waals surface area contributed by atoms with E-state index in [0.29, 0.717) is 29.2 Å². The molecule has 1 amide bonds. The van der Waals surface area contributed by atoms with Gasteiger partial charge in [0.1, 0.15) is 0 Å². The van der Waals surface area contributed by atoms with Gasteiger partial charge in [-0.25, -0.2) is 8.42 Å². The lowest BCUT2D eigenvalue weighted by Crippen LogP contribution is -2.33. The summed E-state index contributed by atoms with van der Waals surface area (Å²) in [5, 5.41) is 4.68. The number of nitrogens with one attached hydrogen (secondary N) is 1. The molecule has 0 spiro atoms. The zero-order valence-corrected chi connectivity index (χ0v) is 20.7. The first-order chi connectivity index (χ1) is 15.1. The minimum atomic E-state index is -3.27. The topological polar surface area (TPSA) is 75.6 Å². The average molecular weight is 471 g/mol. The van der Waals surface area contributed by atoms with Gasteiger partial charge in [0.15, 0.2) is 9.84 Å². The summed E-state index contributed by atoms with van der Waals surface area (Å²) in [5.74, 6) is 0.325. The fourth-order valence-electron chi connectivity index (χ4n) is 4.61. The number of nitrogens with zero attached hydrogens (tertiary/aromatic N) is 1. The van der Waals surface area contributed by atoms with E-state index in [0.717, 1.165) is 40.1 Å². The third-order valence-electron chi connectivity index (χ3n) is 6.40. The molecule has 4 rings (SSSR count). The van der Waals surface area contributed by atoms with Gasteiger partial charge >= 0.3 is 0 Å². The van der Waals surface area contributed by atoms with E-state index in [-0.39, 0.29) is 17.2 Å². The molecule has 1 N–H and O–H groups in total. The fourth-order valence-corrected chi connectivity index (χ4v) is 6.63. The first-order valence-electron chi connectivity index (χ1n) is 11.0. The van der Waals surface area contributed by atoms with Crippen LogP contribution in [0.4, 0.5) is 0 Å². The van der Waals surface area contributed by atoms with Crippen molar-refractivity contribution in [3.05, 3.63) is 67.9 Å². The van der Waals surface area contributed by atoms with Crippen LogP contribution in [0.15, 0.2) is 51.2 Å². The Hall–Kier alpha value is -2.12. The standard InChI is InChI=1S/C25H30N2O3S2/c1-6-18(32(5,29)30)10-17-11-21-20(12-19(17)16-7-8-16)24(25(28)26-4)22(27-21)13-23-14(2)9-15(3)31-23/h6,9,11-12,16,22-23H,2,7-8,10,13H2,1,3-5H3,(H,26,28). The van der Waals surface area contributed by atoms with Crippen LogP contribution in [0, 0.1) is 0 Å². The van der Waals surface area contributed by atoms with Gasteiger partial charge < -0.3 is 5.32 Å². The van der Waals surface area contributed by atoms with E-state index >= 15 is 0 Å². The number of amides is 1. The minimum absolute atomic E-state index is 0.101. The van der Waals surface area contributed by atoms with Gasteiger partial charge in [-0.3, -0.25) is 9.79 Å². The summed E-state index contributed by atoms with van der Waals surface area (Å²) in [4.78, 5) is 19.5. The van der Waals surface area contributed by atoms with E-state index in [1.54, 1.807) is 31.8 Å². The molecule has 1 aromatic carbocycles. The van der Waals surface area contributed by atoms with Crippen LogP contribution in [0.5, 0.6) is 0 Å². The Morgan fingerprint density at radius 1 is 1.34 bits per heavy atom. The van der Waals surface area contributed by atoms with Crippen molar-refractivity contribution in [2.24, 2.45) is 4.99 Å². The van der Waals surface area contributed by atoms with Crippen molar-refractivity contribution in [2.45, 2.75) is 56.7 Å². The van der Waals surface area contributed by atoms with Crippen molar-refractivity contribution in [3.8, 4) is 0 Å². The van der Waals surface area contributed by atoms with Crippen LogP contribution in [0.3, 0.4) is 0 Å². The average Bonchev–Trinajstić information content (AvgIpc) is 3.43. The van der Waals surface area contributed by atoms with Crippen molar-refractivity contribution < 1.29 is 13.2 Å². The number of sulfone groups is 1. The lowest BCUT2D eigenvalue weighted by atomic mass is 9.95. The van der Waals surface area contributed by atoms with Gasteiger partial charge in [-0.1, -0.05) is 12.7 Å². The number of benzene rings is 1. The summed E-state index contributed by atoms with van der Waals surface area (Å²) in [6.07, 6.45) is 8.30. The van der Waals surface area contributed by atoms with Crippen molar-refractivity contribution in [3.63, 3.8) is 0 Å². The van der Waals surface area contributed by atoms with Gasteiger partial charge in [0.05, 0.1) is 17.0 Å². The first-order valence-corrected chi connectivity index (χ1v) is 13.8. The highest BCUT2D eigenvalue weighted by Gasteiger charge is 2.33. The molecule has 2 aliphatic heterocycles. The van der Waals surface area contributed by atoms with Gasteiger partial charge in [-0.05, 0) is 78.8 Å². The molecular weight excluding hydrogens is 440 g/mol. The van der Waals surface area contributed by atoms with E-state index in [1.807, 2.05) is 6.07 Å². The van der Waals surface area contributed by atoms with E-state index in [1.165, 1.54) is 11.2 Å². The Morgan fingerprint density at radius 2 is 2.06 bits per heavy atom. The lowest BCUT2D eigenvalue weighted by Gasteiger charge is -2.17. The maximum absolute atomic E-state index is 12.9. The van der Waals surface area contributed by atoms with Gasteiger partial charge in [-0.2, -0.15) is 0 Å². The largest absolute Gasteiger partial charge is 0.355 e. The number of rotatable bonds is 7. The third kappa shape index (κ3) is 4.50. The third-order valence-corrected chi connectivity index (χ3v) is 9.00. The van der Waals surface area contributed by atoms with Gasteiger partial charge in [0, 0.05) is 35.1 Å². The summed E-state index contributed by atoms with van der Waals surface area (Å²) in [7, 11) is -1.62. The SMILES string of the molecule is C=C1C=C(C)SC1CC1N=c2cc(CC(=CC)S(C)(=O)=O)c(C3CC3)cc2=C1C(=O)NC. The Labute approximate surface area is 194 Å². The Morgan fingerprint density at radius 3 is 2.59 bits per heavy atom. The molecule has 1 saturated carbocycles. The number of carbonyl (C=O) groups excluding carboxylic acids is 1. The highest BCUT2D eigenvalue weighted by molar-refractivity contribution is 8.04. The van der Waals surface area contributed by atoms with Crippen LogP contribution in [-0.2, 0) is 21.1 Å². The van der Waals surface area contributed by atoms with Crippen LogP contribution < -0.4 is 15.9 Å². The normalized spacial score (nSPS) is 23.1. The lowest BCUT2D eigenvalue weighted by molar-refractivity contribution is -0.115. The molecule has 2 heterocycles. The summed E-state index contributed by atoms with van der Waals surface area (Å²) >= 11 is 1.78. The van der Waals surface area contributed by atoms with Crippen molar-refractivity contribution in [1.82, 2.24) is 5.32 Å². The van der Waals surface area contributed by atoms with Crippen LogP contribution in [0.25, 0.3) is 5.57 Å². The Kier molecular flexibility index (Phi) is 6.25. The number of hydrogen-bond donors (Lipinski definition) is 1. The van der Waals surface area contributed by atoms with Crippen LogP contribution in [0.2, 0.25) is 0 Å². The van der Waals surface area contributed by atoms with E-state index in [4.69, 9.17) is 4.99 Å². The molecule has 7 heteroatoms. The molecule has 2 atom stereocenters. The number of hydrogen-bond acceptors (Lipinski definition) is 5. The highest BCUT2D eigenvalue weighted by atomic mass is 32.2. The maximum Gasteiger partial charge on any atom is 0.249 e. The number of thioether (sulfide) groups is 1. The van der Waals surface area contributed by atoms with E-state index < -0.39 is 9.84 Å². The second kappa shape index (κ2) is 8.67. The molecule has 3 aliphatic rings. The molecule has 0 saturated heterocycles. The molecule has 0 aromatic heterocycles. The second-order valence-electron chi connectivity index (χ2n) is 8.86. The molecule has 1 aromatic rings. The van der Waals surface area contributed by atoms with Gasteiger partial charge in [-0.15, -0.1) is 11.8 Å². The van der Waals surface area contributed by atoms with Crippen LogP contribution in [0.1, 0.15) is 50.2 Å². The molecule has 2 unspecified atom stereocenters. The van der Waals surface area contributed by atoms with Crippen molar-refractivity contribution >= 4 is 33.1 Å². The van der Waals surface area contributed by atoms with Crippen LogP contribution >= 0.6 is 11.8 Å². The second-order valence-corrected chi connectivity index (χ2v) is 12.4. The van der Waals surface area contributed by atoms with Crippen molar-refractivity contribution in [1.29, 1.82) is 0 Å². The highest BCUT2D eigenvalue weighted by Crippen LogP contribution is 2.42. The molecular formula is C25H30N2O3S2. The maximum atomic E-state index is 12.9. The molecule has 5 nitrogen and oxygen atoms in total. The van der Waals surface area contributed by atoms with Crippen LogP contribution in [-0.4, -0.2) is 38.9 Å². The summed E-state index contributed by atoms with van der Waals surface area (Å²) < 4.78 is 24.4. The number of carbonyl (C=O) groups is 1. The summed E-state index contributed by atoms with van der Waals surface area (Å²) in [5.41, 5.74) is 3.94. The Bertz CT molecular complexity index is 1280. The van der Waals surface area contributed by atoms with Gasteiger partial charge in [0.2, 0.25) is 5.91 Å². The molecule has 0 radical (unpaired) electrons. The molecule has 170 valence electrons. The summed E-state index contributed by atoms with van der Waals surface area (Å²) in [6, 6.07) is 3.88. The minimum Gasteiger partial charge on any atom is -0.355 e. The molecule has 1 fully saturated rings. The van der Waals surface area contributed by atoms with Gasteiger partial charge in [0.25, 0.3) is 0 Å². The number of allylic oxidation sites excluding steroid dienone is 4. The Balaban J connectivity index is 1.80. The molecule has 32 heavy (non-hydrogen) atoms. The smallest absolute Gasteiger partial charge is 0.249 e. The van der Waals surface area contributed by atoms with E-state index in [9.17, 15) is 13.2 Å². The zero-order chi connectivity index (χ0) is 23.2. The molecule has 1 aliphatic carbocycles. The predicted molar refractivity (Wildman–Crippen MR) is 132 cm³/mol. The number of fused-ring (bicyclic) bond motifs is 1. The van der Waals surface area contributed by atoms with E-state index in [2.05, 4.69) is 31.0 Å². The first kappa shape index (κ1) is 23.1. The monoisotopic (exact) mass is 470 g/mol. The molecule has 0 bridgehead atoms. The zero-order valence-electron chi connectivity index (χ0n) is 19.1. The fraction of sp³-hybridized carbons (Fsp3) is 0.440. The quantitative estimate of drug-likeness (QED) is 0.665. The summed E-state index contributed by atoms with van der Waals surface area (Å²) in [6.45, 7) is 8.02.